The van der Waals surface area contributed by atoms with Gasteiger partial charge in [-0.25, -0.2) is 0 Å². The van der Waals surface area contributed by atoms with Gasteiger partial charge in [0.15, 0.2) is 5.78 Å². The van der Waals surface area contributed by atoms with Crippen molar-refractivity contribution in [3.8, 4) is 11.8 Å². The van der Waals surface area contributed by atoms with Crippen molar-refractivity contribution in [2.75, 3.05) is 7.11 Å². The summed E-state index contributed by atoms with van der Waals surface area (Å²) in [5.74, 6) is -0.0266. The summed E-state index contributed by atoms with van der Waals surface area (Å²) in [6, 6.07) is 5.62. The maximum atomic E-state index is 11.3. The molecule has 0 radical (unpaired) electrons. The molecule has 84 valence electrons. The lowest BCUT2D eigenvalue weighted by atomic mass is 9.90. The fraction of sp³-hybridized carbons (Fsp3) is 0.385. The maximum absolute atomic E-state index is 11.3. The number of carbonyl (C=O) groups excluding carboxylic acids is 1. The molecular weight excluding hydrogens is 202 g/mol. The van der Waals surface area contributed by atoms with E-state index in [-0.39, 0.29) is 5.78 Å². The average Bonchev–Trinajstić information content (AvgIpc) is 2.25. The zero-order valence-corrected chi connectivity index (χ0v) is 10.00. The Morgan fingerprint density at radius 1 is 1.38 bits per heavy atom. The highest BCUT2D eigenvalue weighted by molar-refractivity contribution is 5.86. The quantitative estimate of drug-likeness (QED) is 0.781. The number of hydrogen-bond donors (Lipinski definition) is 0. The van der Waals surface area contributed by atoms with Crippen LogP contribution in [0.1, 0.15) is 29.5 Å². The number of ether oxygens (including phenoxy) is 1. The molecule has 3 heteroatoms. The van der Waals surface area contributed by atoms with Gasteiger partial charge in [0.05, 0.1) is 13.2 Å². The van der Waals surface area contributed by atoms with E-state index in [1.54, 1.807) is 19.2 Å². The topological polar surface area (TPSA) is 50.1 Å². The van der Waals surface area contributed by atoms with Crippen LogP contribution in [-0.2, 0) is 4.79 Å². The first-order valence-electron chi connectivity index (χ1n) is 5.07. The molecule has 0 unspecified atom stereocenters. The molecule has 1 atom stereocenters. The van der Waals surface area contributed by atoms with E-state index in [2.05, 4.69) is 0 Å². The molecule has 1 aromatic carbocycles. The van der Waals surface area contributed by atoms with Crippen molar-refractivity contribution in [3.05, 3.63) is 28.8 Å². The Balaban J connectivity index is 3.32. The van der Waals surface area contributed by atoms with Gasteiger partial charge in [-0.2, -0.15) is 5.26 Å². The second-order valence-electron chi connectivity index (χ2n) is 3.78. The molecule has 16 heavy (non-hydrogen) atoms. The van der Waals surface area contributed by atoms with Crippen LogP contribution in [0.25, 0.3) is 0 Å². The van der Waals surface area contributed by atoms with Gasteiger partial charge < -0.3 is 4.74 Å². The Morgan fingerprint density at radius 2 is 2.00 bits per heavy atom. The second kappa shape index (κ2) is 4.80. The molecule has 1 aromatic rings. The van der Waals surface area contributed by atoms with Gasteiger partial charge >= 0.3 is 0 Å². The number of Topliss-reactive ketones (excluding diaryl/α,β-unsaturated/α-hetero) is 1. The number of nitrogens with zero attached hydrogens (tertiary/aromatic N) is 1. The van der Waals surface area contributed by atoms with E-state index in [1.165, 1.54) is 6.92 Å². The highest BCUT2D eigenvalue weighted by Gasteiger charge is 2.19. The number of methoxy groups -OCH3 is 1. The van der Waals surface area contributed by atoms with Crippen LogP contribution in [0.5, 0.6) is 5.75 Å². The first kappa shape index (κ1) is 12.3. The zero-order chi connectivity index (χ0) is 12.3. The number of carbonyl (C=O) groups is 1. The monoisotopic (exact) mass is 217 g/mol. The molecule has 0 aromatic heterocycles. The molecule has 0 aliphatic heterocycles. The smallest absolute Gasteiger partial charge is 0.151 e. The molecule has 0 spiro atoms. The van der Waals surface area contributed by atoms with Crippen molar-refractivity contribution >= 4 is 5.78 Å². The minimum Gasteiger partial charge on any atom is -0.496 e. The fourth-order valence-corrected chi connectivity index (χ4v) is 1.73. The molecule has 0 saturated carbocycles. The molecule has 0 aliphatic rings. The van der Waals surface area contributed by atoms with Crippen molar-refractivity contribution in [1.82, 2.24) is 0 Å². The Kier molecular flexibility index (Phi) is 3.68. The van der Waals surface area contributed by atoms with Crippen LogP contribution in [0.2, 0.25) is 0 Å². The lowest BCUT2D eigenvalue weighted by Crippen LogP contribution is -2.09. The molecule has 0 bridgehead atoms. The van der Waals surface area contributed by atoms with Gasteiger partial charge in [0.25, 0.3) is 0 Å². The van der Waals surface area contributed by atoms with E-state index in [4.69, 9.17) is 10.00 Å². The van der Waals surface area contributed by atoms with Crippen LogP contribution in [0.4, 0.5) is 0 Å². The molecule has 0 aliphatic carbocycles. The molecule has 0 fully saturated rings. The van der Waals surface area contributed by atoms with Gasteiger partial charge in [0.2, 0.25) is 0 Å². The largest absolute Gasteiger partial charge is 0.496 e. The van der Waals surface area contributed by atoms with Gasteiger partial charge in [-0.05, 0) is 43.5 Å². The van der Waals surface area contributed by atoms with Crippen molar-refractivity contribution in [2.24, 2.45) is 0 Å². The lowest BCUT2D eigenvalue weighted by Gasteiger charge is -2.14. The molecule has 0 N–H and O–H groups in total. The zero-order valence-electron chi connectivity index (χ0n) is 10.00. The number of benzene rings is 1. The van der Waals surface area contributed by atoms with Crippen molar-refractivity contribution in [3.63, 3.8) is 0 Å². The first-order chi connectivity index (χ1) is 7.52. The molecule has 0 amide bonds. The third-order valence-electron chi connectivity index (χ3n) is 2.85. The standard InChI is InChI=1S/C13H15NO2/c1-8-9(2)13(16-4)6-5-11(8)12(7-14)10(3)15/h5-6,12H,1-4H3/t12-/m0/s1. The molecule has 0 heterocycles. The van der Waals surface area contributed by atoms with Gasteiger partial charge in [-0.1, -0.05) is 6.07 Å². The van der Waals surface area contributed by atoms with Crippen molar-refractivity contribution < 1.29 is 9.53 Å². The highest BCUT2D eigenvalue weighted by Crippen LogP contribution is 2.28. The third-order valence-corrected chi connectivity index (χ3v) is 2.85. The Bertz CT molecular complexity index is 458. The summed E-state index contributed by atoms with van der Waals surface area (Å²) >= 11 is 0. The lowest BCUT2D eigenvalue weighted by molar-refractivity contribution is -0.117. The average molecular weight is 217 g/mol. The molecule has 3 nitrogen and oxygen atoms in total. The molecule has 1 rings (SSSR count). The van der Waals surface area contributed by atoms with Gasteiger partial charge in [-0.15, -0.1) is 0 Å². The normalized spacial score (nSPS) is 11.7. The summed E-state index contributed by atoms with van der Waals surface area (Å²) in [6.45, 7) is 5.26. The van der Waals surface area contributed by atoms with E-state index in [1.807, 2.05) is 19.9 Å². The van der Waals surface area contributed by atoms with E-state index in [0.717, 1.165) is 22.4 Å². The van der Waals surface area contributed by atoms with Crippen molar-refractivity contribution in [1.29, 1.82) is 5.26 Å². The SMILES string of the molecule is COc1ccc([C@@H](C#N)C(C)=O)c(C)c1C. The number of hydrogen-bond acceptors (Lipinski definition) is 3. The van der Waals surface area contributed by atoms with Crippen LogP contribution in [0.15, 0.2) is 12.1 Å². The summed E-state index contributed by atoms with van der Waals surface area (Å²) < 4.78 is 5.19. The van der Waals surface area contributed by atoms with Crippen molar-refractivity contribution in [2.45, 2.75) is 26.7 Å². The summed E-state index contributed by atoms with van der Waals surface area (Å²) in [6.07, 6.45) is 0. The summed E-state index contributed by atoms with van der Waals surface area (Å²) in [5, 5.41) is 8.99. The number of ketones is 1. The van der Waals surface area contributed by atoms with E-state index in [9.17, 15) is 4.79 Å². The van der Waals surface area contributed by atoms with Crippen LogP contribution < -0.4 is 4.74 Å². The first-order valence-corrected chi connectivity index (χ1v) is 5.07. The van der Waals surface area contributed by atoms with Crippen LogP contribution in [-0.4, -0.2) is 12.9 Å². The molecule has 0 saturated heterocycles. The predicted molar refractivity (Wildman–Crippen MR) is 61.5 cm³/mol. The summed E-state index contributed by atoms with van der Waals surface area (Å²) in [7, 11) is 1.61. The Labute approximate surface area is 95.7 Å². The second-order valence-corrected chi connectivity index (χ2v) is 3.78. The maximum Gasteiger partial charge on any atom is 0.151 e. The summed E-state index contributed by atoms with van der Waals surface area (Å²) in [5.41, 5.74) is 2.69. The van der Waals surface area contributed by atoms with Gasteiger partial charge in [0.1, 0.15) is 11.7 Å². The number of rotatable bonds is 3. The van der Waals surface area contributed by atoms with Gasteiger partial charge in [0, 0.05) is 0 Å². The predicted octanol–water partition coefficient (Wildman–Crippen LogP) is 2.51. The van der Waals surface area contributed by atoms with Crippen LogP contribution in [0, 0.1) is 25.2 Å². The van der Waals surface area contributed by atoms with E-state index >= 15 is 0 Å². The Hall–Kier alpha value is -1.82. The summed E-state index contributed by atoms with van der Waals surface area (Å²) in [4.78, 5) is 11.3. The molecular formula is C13H15NO2. The van der Waals surface area contributed by atoms with E-state index < -0.39 is 5.92 Å². The Morgan fingerprint density at radius 3 is 2.44 bits per heavy atom. The third kappa shape index (κ3) is 2.06. The highest BCUT2D eigenvalue weighted by atomic mass is 16.5. The minimum absolute atomic E-state index is 0.129. The number of nitriles is 1. The minimum atomic E-state index is -0.676. The van der Waals surface area contributed by atoms with Crippen LogP contribution in [0.3, 0.4) is 0 Å². The van der Waals surface area contributed by atoms with E-state index in [0.29, 0.717) is 0 Å². The fourth-order valence-electron chi connectivity index (χ4n) is 1.73. The van der Waals surface area contributed by atoms with Crippen LogP contribution >= 0.6 is 0 Å². The van der Waals surface area contributed by atoms with Gasteiger partial charge in [-0.3, -0.25) is 4.79 Å².